The van der Waals surface area contributed by atoms with E-state index in [0.717, 1.165) is 42.7 Å². The Morgan fingerprint density at radius 1 is 1.00 bits per heavy atom. The maximum atomic E-state index is 12.6. The van der Waals surface area contributed by atoms with Crippen molar-refractivity contribution < 1.29 is 9.59 Å². The van der Waals surface area contributed by atoms with Crippen LogP contribution in [-0.4, -0.2) is 36.3 Å². The summed E-state index contributed by atoms with van der Waals surface area (Å²) in [5.41, 5.74) is 1.38. The normalized spacial score (nSPS) is 41.8. The molecule has 3 aliphatic carbocycles. The molecule has 4 fully saturated rings. The van der Waals surface area contributed by atoms with Gasteiger partial charge in [0, 0.05) is 31.6 Å². The van der Waals surface area contributed by atoms with Crippen LogP contribution < -0.4 is 5.32 Å². The average Bonchev–Trinajstić information content (AvgIpc) is 3.12. The largest absolute Gasteiger partial charge is 0.352 e. The van der Waals surface area contributed by atoms with Crippen LogP contribution in [0, 0.1) is 34.5 Å². The molecule has 0 unspecified atom stereocenters. The molecule has 4 aliphatic rings. The third-order valence-electron chi connectivity index (χ3n) is 10.3. The Hall–Kier alpha value is -1.84. The molecular formula is C27H38N2O2. The number of carbonyl (C=O) groups is 2. The van der Waals surface area contributed by atoms with Crippen LogP contribution in [-0.2, 0) is 4.79 Å². The highest BCUT2D eigenvalue weighted by Gasteiger charge is 2.60. The fraction of sp³-hybridized carbons (Fsp3) is 0.704. The molecule has 0 aromatic heterocycles. The Bertz CT molecular complexity index is 854. The van der Waals surface area contributed by atoms with Crippen LogP contribution >= 0.6 is 0 Å². The van der Waals surface area contributed by atoms with Crippen LogP contribution in [0.25, 0.3) is 0 Å². The lowest BCUT2D eigenvalue weighted by Gasteiger charge is -2.61. The van der Waals surface area contributed by atoms with Crippen molar-refractivity contribution in [2.45, 2.75) is 71.3 Å². The summed E-state index contributed by atoms with van der Waals surface area (Å²) >= 11 is 0. The maximum absolute atomic E-state index is 12.6. The molecule has 1 aromatic rings. The minimum atomic E-state index is 0.0595. The van der Waals surface area contributed by atoms with Gasteiger partial charge in [-0.25, -0.2) is 0 Å². The van der Waals surface area contributed by atoms with Crippen molar-refractivity contribution in [3.8, 4) is 0 Å². The van der Waals surface area contributed by atoms with Crippen molar-refractivity contribution in [1.29, 1.82) is 0 Å². The third-order valence-corrected chi connectivity index (χ3v) is 10.3. The van der Waals surface area contributed by atoms with E-state index in [1.165, 1.54) is 38.5 Å². The minimum absolute atomic E-state index is 0.0595. The first-order chi connectivity index (χ1) is 14.8. The molecule has 7 atom stereocenters. The van der Waals surface area contributed by atoms with Crippen LogP contribution in [0.5, 0.6) is 0 Å². The number of fused-ring (bicyclic) bond motifs is 5. The van der Waals surface area contributed by atoms with Gasteiger partial charge in [0.25, 0.3) is 5.91 Å². The summed E-state index contributed by atoms with van der Waals surface area (Å²) in [6.45, 7) is 5.81. The second-order valence-corrected chi connectivity index (χ2v) is 11.4. The lowest BCUT2D eigenvalue weighted by atomic mass is 9.47. The van der Waals surface area contributed by atoms with Gasteiger partial charge in [0.1, 0.15) is 0 Å². The number of nitrogens with zero attached hydrogens (tertiary/aromatic N) is 1. The standard InChI is InChI=1S/C27H38N2O2/c1-26-15-13-22-20(10-12-23-27(22,2)16-14-24(30)29(23)3)21(26)11-9-19(26)17-28-25(31)18-7-5-4-6-8-18/h4-8,19-23H,9-17H2,1-3H3,(H,28,31)/t19-,20+,21+,22+,23-,26-,27-/m1/s1. The van der Waals surface area contributed by atoms with Crippen molar-refractivity contribution in [1.82, 2.24) is 10.2 Å². The average molecular weight is 423 g/mol. The van der Waals surface area contributed by atoms with Gasteiger partial charge in [0.2, 0.25) is 5.91 Å². The second-order valence-electron chi connectivity index (χ2n) is 11.4. The molecule has 1 aliphatic heterocycles. The van der Waals surface area contributed by atoms with E-state index in [0.29, 0.717) is 23.3 Å². The van der Waals surface area contributed by atoms with Gasteiger partial charge in [-0.3, -0.25) is 9.59 Å². The number of hydrogen-bond acceptors (Lipinski definition) is 2. The third kappa shape index (κ3) is 3.24. The number of rotatable bonds is 3. The molecule has 2 amide bonds. The summed E-state index contributed by atoms with van der Waals surface area (Å²) in [4.78, 5) is 27.0. The van der Waals surface area contributed by atoms with Crippen LogP contribution in [0.2, 0.25) is 0 Å². The van der Waals surface area contributed by atoms with Crippen LogP contribution in [0.15, 0.2) is 30.3 Å². The first-order valence-corrected chi connectivity index (χ1v) is 12.4. The Balaban J connectivity index is 1.29. The summed E-state index contributed by atoms with van der Waals surface area (Å²) in [5.74, 6) is 3.28. The van der Waals surface area contributed by atoms with Crippen molar-refractivity contribution in [2.24, 2.45) is 34.5 Å². The molecule has 1 heterocycles. The SMILES string of the molecule is CN1C(=O)CC[C@]2(C)[C@H]3CC[C@]4(C)[C@@H](CNC(=O)c5ccccc5)CC[C@H]4[C@@H]3CC[C@@H]12. The number of benzene rings is 1. The molecule has 168 valence electrons. The highest BCUT2D eigenvalue weighted by atomic mass is 16.2. The van der Waals surface area contributed by atoms with Gasteiger partial charge in [0.15, 0.2) is 0 Å². The summed E-state index contributed by atoms with van der Waals surface area (Å²) in [5, 5.41) is 3.25. The fourth-order valence-electron chi connectivity index (χ4n) is 8.50. The zero-order chi connectivity index (χ0) is 21.8. The molecule has 1 saturated heterocycles. The van der Waals surface area contributed by atoms with E-state index < -0.39 is 0 Å². The Labute approximate surface area is 187 Å². The molecule has 1 aromatic carbocycles. The summed E-state index contributed by atoms with van der Waals surface area (Å²) in [6, 6.07) is 10.0. The number of nitrogens with one attached hydrogen (secondary N) is 1. The van der Waals surface area contributed by atoms with E-state index in [2.05, 4.69) is 24.1 Å². The van der Waals surface area contributed by atoms with Gasteiger partial charge in [0.05, 0.1) is 0 Å². The van der Waals surface area contributed by atoms with Crippen molar-refractivity contribution >= 4 is 11.8 Å². The van der Waals surface area contributed by atoms with E-state index in [9.17, 15) is 9.59 Å². The van der Waals surface area contributed by atoms with E-state index >= 15 is 0 Å². The molecule has 0 radical (unpaired) electrons. The van der Waals surface area contributed by atoms with E-state index in [4.69, 9.17) is 0 Å². The number of hydrogen-bond donors (Lipinski definition) is 1. The highest BCUT2D eigenvalue weighted by molar-refractivity contribution is 5.94. The molecule has 0 bridgehead atoms. The van der Waals surface area contributed by atoms with Gasteiger partial charge in [-0.1, -0.05) is 32.0 Å². The van der Waals surface area contributed by atoms with Gasteiger partial charge >= 0.3 is 0 Å². The smallest absolute Gasteiger partial charge is 0.251 e. The molecular weight excluding hydrogens is 384 g/mol. The fourth-order valence-corrected chi connectivity index (χ4v) is 8.50. The Morgan fingerprint density at radius 2 is 1.74 bits per heavy atom. The molecule has 4 nitrogen and oxygen atoms in total. The lowest BCUT2D eigenvalue weighted by molar-refractivity contribution is -0.158. The van der Waals surface area contributed by atoms with E-state index in [1.807, 2.05) is 37.4 Å². The van der Waals surface area contributed by atoms with Crippen molar-refractivity contribution in [3.63, 3.8) is 0 Å². The van der Waals surface area contributed by atoms with Gasteiger partial charge < -0.3 is 10.2 Å². The lowest BCUT2D eigenvalue weighted by Crippen LogP contribution is -2.61. The highest BCUT2D eigenvalue weighted by Crippen LogP contribution is 2.66. The molecule has 4 heteroatoms. The minimum Gasteiger partial charge on any atom is -0.352 e. The molecule has 0 spiro atoms. The zero-order valence-electron chi connectivity index (χ0n) is 19.4. The summed E-state index contributed by atoms with van der Waals surface area (Å²) in [6.07, 6.45) is 9.33. The first kappa shape index (κ1) is 21.0. The molecule has 5 rings (SSSR count). The topological polar surface area (TPSA) is 49.4 Å². The van der Waals surface area contributed by atoms with Crippen molar-refractivity contribution in [3.05, 3.63) is 35.9 Å². The van der Waals surface area contributed by atoms with Gasteiger partial charge in [-0.05, 0) is 91.6 Å². The maximum Gasteiger partial charge on any atom is 0.251 e. The zero-order valence-corrected chi connectivity index (χ0v) is 19.4. The summed E-state index contributed by atoms with van der Waals surface area (Å²) in [7, 11) is 2.04. The number of amides is 2. The van der Waals surface area contributed by atoms with Crippen LogP contribution in [0.4, 0.5) is 0 Å². The summed E-state index contributed by atoms with van der Waals surface area (Å²) < 4.78 is 0. The number of likely N-dealkylation sites (tertiary alicyclic amines) is 1. The van der Waals surface area contributed by atoms with Crippen molar-refractivity contribution in [2.75, 3.05) is 13.6 Å². The molecule has 3 saturated carbocycles. The predicted octanol–water partition coefficient (Wildman–Crippen LogP) is 4.90. The van der Waals surface area contributed by atoms with E-state index in [1.54, 1.807) is 0 Å². The molecule has 1 N–H and O–H groups in total. The van der Waals surface area contributed by atoms with Crippen LogP contribution in [0.3, 0.4) is 0 Å². The Morgan fingerprint density at radius 3 is 2.52 bits per heavy atom. The number of piperidine rings is 1. The second kappa shape index (κ2) is 7.64. The first-order valence-electron chi connectivity index (χ1n) is 12.4. The number of carbonyl (C=O) groups excluding carboxylic acids is 2. The van der Waals surface area contributed by atoms with E-state index in [-0.39, 0.29) is 11.3 Å². The monoisotopic (exact) mass is 422 g/mol. The molecule has 31 heavy (non-hydrogen) atoms. The predicted molar refractivity (Wildman–Crippen MR) is 122 cm³/mol. The van der Waals surface area contributed by atoms with Gasteiger partial charge in [-0.2, -0.15) is 0 Å². The Kier molecular flexibility index (Phi) is 5.18. The quantitative estimate of drug-likeness (QED) is 0.753. The van der Waals surface area contributed by atoms with Gasteiger partial charge in [-0.15, -0.1) is 0 Å². The van der Waals surface area contributed by atoms with Crippen LogP contribution in [0.1, 0.15) is 75.6 Å².